The van der Waals surface area contributed by atoms with Crippen molar-refractivity contribution in [1.82, 2.24) is 19.9 Å². The zero-order valence-electron chi connectivity index (χ0n) is 17.9. The van der Waals surface area contributed by atoms with Crippen LogP contribution in [0.3, 0.4) is 0 Å². The monoisotopic (exact) mass is 474 g/mol. The van der Waals surface area contributed by atoms with Gasteiger partial charge in [0, 0.05) is 44.4 Å². The predicted molar refractivity (Wildman–Crippen MR) is 123 cm³/mol. The van der Waals surface area contributed by atoms with E-state index in [1.807, 2.05) is 22.4 Å². The molecule has 0 bridgehead atoms. The van der Waals surface area contributed by atoms with Gasteiger partial charge in [0.2, 0.25) is 11.7 Å². The van der Waals surface area contributed by atoms with Gasteiger partial charge in [0.15, 0.2) is 9.84 Å². The Hall–Kier alpha value is -2.56. The van der Waals surface area contributed by atoms with Crippen LogP contribution in [0.5, 0.6) is 0 Å². The number of amides is 1. The lowest BCUT2D eigenvalue weighted by Gasteiger charge is -2.34. The second-order valence-electron chi connectivity index (χ2n) is 8.00. The van der Waals surface area contributed by atoms with Crippen molar-refractivity contribution in [2.45, 2.75) is 18.6 Å². The van der Waals surface area contributed by atoms with Crippen LogP contribution in [0.15, 0.2) is 46.3 Å². The van der Waals surface area contributed by atoms with E-state index in [-0.39, 0.29) is 11.7 Å². The zero-order chi connectivity index (χ0) is 22.6. The summed E-state index contributed by atoms with van der Waals surface area (Å²) in [5.74, 6) is 1.18. The summed E-state index contributed by atoms with van der Waals surface area (Å²) in [4.78, 5) is 22.5. The molecule has 1 fully saturated rings. The first-order valence-corrected chi connectivity index (χ1v) is 13.5. The van der Waals surface area contributed by atoms with Crippen LogP contribution < -0.4 is 0 Å². The maximum Gasteiger partial charge on any atom is 0.253 e. The number of piperazine rings is 1. The molecule has 1 saturated heterocycles. The van der Waals surface area contributed by atoms with E-state index in [0.717, 1.165) is 37.4 Å². The first kappa shape index (κ1) is 22.6. The fourth-order valence-electron chi connectivity index (χ4n) is 3.77. The summed E-state index contributed by atoms with van der Waals surface area (Å²) >= 11 is 1.59. The molecule has 3 heterocycles. The lowest BCUT2D eigenvalue weighted by Crippen LogP contribution is -2.48. The summed E-state index contributed by atoms with van der Waals surface area (Å²) in [6.45, 7) is 3.82. The SMILES string of the molecule is CS(=O)(=O)Cc1cccc(C(=O)N2CCN(CCCc3nc(-c4cccs4)no3)CC2)c1. The van der Waals surface area contributed by atoms with Gasteiger partial charge in [-0.15, -0.1) is 11.3 Å². The van der Waals surface area contributed by atoms with Gasteiger partial charge in [0.05, 0.1) is 10.6 Å². The number of hydrogen-bond donors (Lipinski definition) is 0. The van der Waals surface area contributed by atoms with Gasteiger partial charge in [-0.25, -0.2) is 8.42 Å². The van der Waals surface area contributed by atoms with Gasteiger partial charge in [0.25, 0.3) is 5.91 Å². The molecule has 0 N–H and O–H groups in total. The smallest absolute Gasteiger partial charge is 0.253 e. The standard InChI is InChI=1S/C22H26N4O4S2/c1-32(28,29)16-17-5-2-6-18(15-17)22(27)26-12-10-25(11-13-26)9-3-8-20-23-21(24-30-20)19-7-4-14-31-19/h2,4-7,14-15H,3,8-13,16H2,1H3. The van der Waals surface area contributed by atoms with Gasteiger partial charge in [0.1, 0.15) is 0 Å². The van der Waals surface area contributed by atoms with Crippen LogP contribution in [0.1, 0.15) is 28.2 Å². The van der Waals surface area contributed by atoms with Crippen molar-refractivity contribution in [2.75, 3.05) is 39.0 Å². The third kappa shape index (κ3) is 6.02. The van der Waals surface area contributed by atoms with Crippen molar-refractivity contribution < 1.29 is 17.7 Å². The number of hydrogen-bond acceptors (Lipinski definition) is 8. The quantitative estimate of drug-likeness (QED) is 0.495. The van der Waals surface area contributed by atoms with E-state index in [9.17, 15) is 13.2 Å². The van der Waals surface area contributed by atoms with Crippen molar-refractivity contribution in [3.8, 4) is 10.7 Å². The third-order valence-electron chi connectivity index (χ3n) is 5.34. The highest BCUT2D eigenvalue weighted by atomic mass is 32.2. The summed E-state index contributed by atoms with van der Waals surface area (Å²) in [5.41, 5.74) is 1.18. The molecule has 4 rings (SSSR count). The highest BCUT2D eigenvalue weighted by Crippen LogP contribution is 2.21. The predicted octanol–water partition coefficient (Wildman–Crippen LogP) is 2.73. The summed E-state index contributed by atoms with van der Waals surface area (Å²) in [6, 6.07) is 10.8. The minimum absolute atomic E-state index is 0.0491. The van der Waals surface area contributed by atoms with Crippen LogP contribution in [0.4, 0.5) is 0 Å². The Morgan fingerprint density at radius 1 is 1.16 bits per heavy atom. The number of carbonyl (C=O) groups excluding carboxylic acids is 1. The van der Waals surface area contributed by atoms with Gasteiger partial charge in [-0.2, -0.15) is 4.98 Å². The van der Waals surface area contributed by atoms with E-state index in [4.69, 9.17) is 4.52 Å². The Kier molecular flexibility index (Phi) is 7.02. The van der Waals surface area contributed by atoms with E-state index < -0.39 is 9.84 Å². The molecule has 10 heteroatoms. The van der Waals surface area contributed by atoms with Crippen molar-refractivity contribution in [2.24, 2.45) is 0 Å². The Bertz CT molecular complexity index is 1150. The van der Waals surface area contributed by atoms with Gasteiger partial charge in [-0.05, 0) is 42.1 Å². The van der Waals surface area contributed by atoms with Crippen LogP contribution in [0.2, 0.25) is 0 Å². The van der Waals surface area contributed by atoms with E-state index in [1.165, 1.54) is 6.26 Å². The van der Waals surface area contributed by atoms with E-state index in [2.05, 4.69) is 15.0 Å². The summed E-state index contributed by atoms with van der Waals surface area (Å²) in [5, 5.41) is 6.03. The molecule has 8 nitrogen and oxygen atoms in total. The maximum absolute atomic E-state index is 12.9. The van der Waals surface area contributed by atoms with Gasteiger partial charge in [-0.1, -0.05) is 23.4 Å². The molecule has 32 heavy (non-hydrogen) atoms. The molecule has 3 aromatic rings. The fraction of sp³-hybridized carbons (Fsp3) is 0.409. The van der Waals surface area contributed by atoms with Crippen molar-refractivity contribution in [3.63, 3.8) is 0 Å². The second kappa shape index (κ2) is 9.93. The normalized spacial score (nSPS) is 15.2. The first-order chi connectivity index (χ1) is 15.4. The molecule has 0 saturated carbocycles. The van der Waals surface area contributed by atoms with Crippen LogP contribution in [0, 0.1) is 0 Å². The van der Waals surface area contributed by atoms with Crippen molar-refractivity contribution in [1.29, 1.82) is 0 Å². The number of carbonyl (C=O) groups is 1. The maximum atomic E-state index is 12.9. The molecule has 0 radical (unpaired) electrons. The average molecular weight is 475 g/mol. The number of thiophene rings is 1. The highest BCUT2D eigenvalue weighted by Gasteiger charge is 2.22. The molecule has 1 aromatic carbocycles. The summed E-state index contributed by atoms with van der Waals surface area (Å²) in [6.07, 6.45) is 2.83. The Labute approximate surface area is 191 Å². The van der Waals surface area contributed by atoms with E-state index >= 15 is 0 Å². The third-order valence-corrected chi connectivity index (χ3v) is 7.06. The molecule has 0 atom stereocenters. The lowest BCUT2D eigenvalue weighted by molar-refractivity contribution is 0.0635. The largest absolute Gasteiger partial charge is 0.339 e. The number of nitrogens with zero attached hydrogens (tertiary/aromatic N) is 4. The molecular formula is C22H26N4O4S2. The van der Waals surface area contributed by atoms with Gasteiger partial charge >= 0.3 is 0 Å². The molecule has 0 aliphatic carbocycles. The molecule has 2 aromatic heterocycles. The minimum atomic E-state index is -3.14. The molecular weight excluding hydrogens is 448 g/mol. The number of sulfone groups is 1. The van der Waals surface area contributed by atoms with E-state index in [1.54, 1.807) is 35.6 Å². The topological polar surface area (TPSA) is 96.6 Å². The number of aryl methyl sites for hydroxylation is 1. The average Bonchev–Trinajstić information content (AvgIpc) is 3.45. The molecule has 0 spiro atoms. The molecule has 1 aliphatic heterocycles. The molecule has 0 unspecified atom stereocenters. The second-order valence-corrected chi connectivity index (χ2v) is 11.1. The Balaban J connectivity index is 1.23. The number of aromatic nitrogens is 2. The highest BCUT2D eigenvalue weighted by molar-refractivity contribution is 7.89. The van der Waals surface area contributed by atoms with Crippen molar-refractivity contribution in [3.05, 3.63) is 58.8 Å². The van der Waals surface area contributed by atoms with Gasteiger partial charge in [-0.3, -0.25) is 9.69 Å². The van der Waals surface area contributed by atoms with E-state index in [0.29, 0.717) is 35.9 Å². The Morgan fingerprint density at radius 3 is 2.69 bits per heavy atom. The van der Waals surface area contributed by atoms with Crippen LogP contribution in [-0.4, -0.2) is 73.2 Å². The van der Waals surface area contributed by atoms with Gasteiger partial charge < -0.3 is 9.42 Å². The number of rotatable bonds is 8. The van der Waals surface area contributed by atoms with Crippen LogP contribution in [0.25, 0.3) is 10.7 Å². The molecule has 1 amide bonds. The zero-order valence-corrected chi connectivity index (χ0v) is 19.6. The molecule has 170 valence electrons. The number of benzene rings is 1. The summed E-state index contributed by atoms with van der Waals surface area (Å²) < 4.78 is 28.4. The molecule has 1 aliphatic rings. The van der Waals surface area contributed by atoms with Crippen LogP contribution in [-0.2, 0) is 22.0 Å². The van der Waals surface area contributed by atoms with Crippen LogP contribution >= 0.6 is 11.3 Å². The summed E-state index contributed by atoms with van der Waals surface area (Å²) in [7, 11) is -3.14. The lowest BCUT2D eigenvalue weighted by atomic mass is 10.1. The fourth-order valence-corrected chi connectivity index (χ4v) is 5.20. The first-order valence-electron chi connectivity index (χ1n) is 10.5. The Morgan fingerprint density at radius 2 is 1.97 bits per heavy atom. The minimum Gasteiger partial charge on any atom is -0.339 e. The van der Waals surface area contributed by atoms with Crippen molar-refractivity contribution >= 4 is 27.1 Å².